The predicted molar refractivity (Wildman–Crippen MR) is 96.8 cm³/mol. The molecular formula is C19H18PSi. The van der Waals surface area contributed by atoms with E-state index in [9.17, 15) is 0 Å². The molecule has 0 aliphatic heterocycles. The molecule has 0 aliphatic rings. The van der Waals surface area contributed by atoms with Gasteiger partial charge in [0.25, 0.3) is 0 Å². The van der Waals surface area contributed by atoms with Crippen molar-refractivity contribution in [3.05, 3.63) is 91.0 Å². The normalized spacial score (nSPS) is 11.9. The summed E-state index contributed by atoms with van der Waals surface area (Å²) in [4.78, 5) is 0. The van der Waals surface area contributed by atoms with E-state index in [4.69, 9.17) is 0 Å². The fraction of sp³-hybridized carbons (Fsp3) is 0.0526. The van der Waals surface area contributed by atoms with Crippen molar-refractivity contribution in [3.8, 4) is 0 Å². The summed E-state index contributed by atoms with van der Waals surface area (Å²) in [6.45, 7) is 2.30. The maximum Gasteiger partial charge on any atom is 0.178 e. The highest BCUT2D eigenvalue weighted by Crippen LogP contribution is 2.23. The van der Waals surface area contributed by atoms with Crippen molar-refractivity contribution in [1.82, 2.24) is 0 Å². The van der Waals surface area contributed by atoms with Crippen molar-refractivity contribution in [2.75, 3.05) is 6.66 Å². The molecule has 0 saturated carbocycles. The molecule has 0 bridgehead atoms. The zero-order chi connectivity index (χ0) is 14.5. The van der Waals surface area contributed by atoms with Gasteiger partial charge >= 0.3 is 0 Å². The van der Waals surface area contributed by atoms with Gasteiger partial charge in [0.05, 0.1) is 0 Å². The van der Waals surface area contributed by atoms with Crippen LogP contribution in [0.3, 0.4) is 0 Å². The molecule has 2 heteroatoms. The van der Waals surface area contributed by atoms with Crippen LogP contribution in [0.15, 0.2) is 91.0 Å². The van der Waals surface area contributed by atoms with Crippen molar-refractivity contribution in [2.24, 2.45) is 0 Å². The van der Waals surface area contributed by atoms with Gasteiger partial charge in [0.2, 0.25) is 0 Å². The molecule has 0 N–H and O–H groups in total. The third-order valence-electron chi connectivity index (χ3n) is 3.91. The van der Waals surface area contributed by atoms with Crippen LogP contribution in [-0.4, -0.2) is 14.4 Å². The lowest BCUT2D eigenvalue weighted by atomic mass is 10.3. The molecule has 0 heterocycles. The third-order valence-corrected chi connectivity index (χ3v) is 12.4. The second-order valence-corrected chi connectivity index (χ2v) is 12.0. The Morgan fingerprint density at radius 2 is 0.810 bits per heavy atom. The third kappa shape index (κ3) is 2.60. The Kier molecular flexibility index (Phi) is 4.33. The van der Waals surface area contributed by atoms with Crippen LogP contribution in [0.4, 0.5) is 0 Å². The fourth-order valence-corrected chi connectivity index (χ4v) is 10.4. The molecular weight excluding hydrogens is 287 g/mol. The molecule has 0 atom stereocenters. The van der Waals surface area contributed by atoms with E-state index in [0.29, 0.717) is 0 Å². The van der Waals surface area contributed by atoms with E-state index in [0.717, 1.165) is 0 Å². The molecule has 3 rings (SSSR count). The monoisotopic (exact) mass is 305 g/mol. The van der Waals surface area contributed by atoms with Gasteiger partial charge in [-0.2, -0.15) is 0 Å². The summed E-state index contributed by atoms with van der Waals surface area (Å²) in [5, 5.41) is 4.43. The van der Waals surface area contributed by atoms with Crippen LogP contribution >= 0.6 is 8.13 Å². The number of rotatable bonds is 4. The van der Waals surface area contributed by atoms with Crippen molar-refractivity contribution in [1.29, 1.82) is 0 Å². The Morgan fingerprint density at radius 3 is 1.05 bits per heavy atom. The molecule has 0 fully saturated rings. The van der Waals surface area contributed by atoms with E-state index < -0.39 is 7.74 Å². The Hall–Kier alpha value is -1.69. The molecule has 0 amide bonds. The minimum Gasteiger partial charge on any atom is -0.0851 e. The maximum atomic E-state index is 2.30. The van der Waals surface area contributed by atoms with Gasteiger partial charge in [0.15, 0.2) is 7.74 Å². The average Bonchev–Trinajstić information content (AvgIpc) is 2.59. The van der Waals surface area contributed by atoms with Crippen LogP contribution in [0.25, 0.3) is 0 Å². The van der Waals surface area contributed by atoms with Gasteiger partial charge in [-0.3, -0.25) is 0 Å². The lowest BCUT2D eigenvalue weighted by molar-refractivity contribution is 1.70. The van der Waals surface area contributed by atoms with Crippen LogP contribution in [0, 0.1) is 0 Å². The zero-order valence-corrected chi connectivity index (χ0v) is 14.0. The molecule has 0 spiro atoms. The molecule has 1 radical (unpaired) electrons. The van der Waals surface area contributed by atoms with Gasteiger partial charge in [0, 0.05) is 0 Å². The molecule has 3 aromatic carbocycles. The first-order valence-electron chi connectivity index (χ1n) is 7.15. The molecule has 0 saturated heterocycles. The Labute approximate surface area is 129 Å². The van der Waals surface area contributed by atoms with Crippen LogP contribution in [0.1, 0.15) is 0 Å². The van der Waals surface area contributed by atoms with Gasteiger partial charge < -0.3 is 0 Å². The minimum atomic E-state index is -1.93. The smallest absolute Gasteiger partial charge is 0.0851 e. The van der Waals surface area contributed by atoms with Crippen molar-refractivity contribution >= 4 is 31.4 Å². The largest absolute Gasteiger partial charge is 0.178 e. The van der Waals surface area contributed by atoms with Crippen molar-refractivity contribution < 1.29 is 0 Å². The van der Waals surface area contributed by atoms with E-state index >= 15 is 0 Å². The summed E-state index contributed by atoms with van der Waals surface area (Å²) in [7, 11) is -0.473. The fourth-order valence-electron chi connectivity index (χ4n) is 2.93. The van der Waals surface area contributed by atoms with E-state index in [2.05, 4.69) is 97.7 Å². The molecule has 0 unspecified atom stereocenters. The summed E-state index contributed by atoms with van der Waals surface area (Å²) < 4.78 is 0. The molecule has 103 valence electrons. The van der Waals surface area contributed by atoms with Gasteiger partial charge in [-0.25, -0.2) is 0 Å². The van der Waals surface area contributed by atoms with Gasteiger partial charge in [-0.15, -0.1) is 0 Å². The van der Waals surface area contributed by atoms with Crippen molar-refractivity contribution in [2.45, 2.75) is 0 Å². The molecule has 0 aliphatic carbocycles. The highest BCUT2D eigenvalue weighted by molar-refractivity contribution is 7.89. The lowest BCUT2D eigenvalue weighted by Gasteiger charge is -2.31. The van der Waals surface area contributed by atoms with Gasteiger partial charge in [0.1, 0.15) is 0 Å². The van der Waals surface area contributed by atoms with E-state index in [1.807, 2.05) is 0 Å². The summed E-state index contributed by atoms with van der Waals surface area (Å²) in [5.41, 5.74) is 0. The second-order valence-electron chi connectivity index (χ2n) is 5.03. The highest BCUT2D eigenvalue weighted by atomic mass is 31.3. The maximum absolute atomic E-state index is 2.30. The Morgan fingerprint density at radius 1 is 0.524 bits per heavy atom. The van der Waals surface area contributed by atoms with Crippen LogP contribution in [0.2, 0.25) is 0 Å². The van der Waals surface area contributed by atoms with E-state index in [1.165, 1.54) is 23.7 Å². The predicted octanol–water partition coefficient (Wildman–Crippen LogP) is 3.23. The first-order valence-corrected chi connectivity index (χ1v) is 11.3. The number of hydrogen-bond donors (Lipinski definition) is 0. The van der Waals surface area contributed by atoms with Gasteiger partial charge in [-0.1, -0.05) is 99.1 Å². The number of hydrogen-bond acceptors (Lipinski definition) is 0. The summed E-state index contributed by atoms with van der Waals surface area (Å²) in [5.74, 6) is 0. The van der Waals surface area contributed by atoms with Crippen LogP contribution in [0.5, 0.6) is 0 Å². The second kappa shape index (κ2) is 6.38. The summed E-state index contributed by atoms with van der Waals surface area (Å²) >= 11 is 0. The highest BCUT2D eigenvalue weighted by Gasteiger charge is 2.37. The Balaban J connectivity index is 2.29. The van der Waals surface area contributed by atoms with Gasteiger partial charge in [-0.05, 0) is 22.2 Å². The van der Waals surface area contributed by atoms with Crippen LogP contribution in [-0.2, 0) is 0 Å². The topological polar surface area (TPSA) is 0 Å². The quantitative estimate of drug-likeness (QED) is 0.394. The SMILES string of the molecule is C[P][Si](c1ccccc1)(c1ccccc1)c1ccccc1. The lowest BCUT2D eigenvalue weighted by Crippen LogP contribution is -2.63. The standard InChI is InChI=1S/C19H18PSi/c1-20-21(17-11-5-2-6-12-17,18-13-7-3-8-14-18)19-15-9-4-10-16-19/h2-16H,1H3. The first-order chi connectivity index (χ1) is 10.4. The van der Waals surface area contributed by atoms with Crippen LogP contribution < -0.4 is 15.6 Å². The number of benzene rings is 3. The summed E-state index contributed by atoms with van der Waals surface area (Å²) in [6.07, 6.45) is 0. The molecule has 3 aromatic rings. The minimum absolute atomic E-state index is 1.45. The first kappa shape index (κ1) is 14.3. The molecule has 0 aromatic heterocycles. The van der Waals surface area contributed by atoms with E-state index in [-0.39, 0.29) is 0 Å². The molecule has 0 nitrogen and oxygen atoms in total. The zero-order valence-electron chi connectivity index (χ0n) is 12.1. The molecule has 21 heavy (non-hydrogen) atoms. The van der Waals surface area contributed by atoms with Crippen molar-refractivity contribution in [3.63, 3.8) is 0 Å². The Bertz CT molecular complexity index is 584. The van der Waals surface area contributed by atoms with E-state index in [1.54, 1.807) is 0 Å². The summed E-state index contributed by atoms with van der Waals surface area (Å²) in [6, 6.07) is 33.0. The average molecular weight is 305 g/mol.